The molecular formula is C14H12FNO4. The Labute approximate surface area is 114 Å². The van der Waals surface area contributed by atoms with Gasteiger partial charge in [-0.3, -0.25) is 4.98 Å². The van der Waals surface area contributed by atoms with Gasteiger partial charge in [-0.2, -0.15) is 0 Å². The maximum Gasteiger partial charge on any atom is 0.339 e. The molecule has 0 aliphatic rings. The van der Waals surface area contributed by atoms with Crippen LogP contribution in [0.15, 0.2) is 36.7 Å². The van der Waals surface area contributed by atoms with Crippen molar-refractivity contribution in [2.75, 3.05) is 7.11 Å². The van der Waals surface area contributed by atoms with Crippen LogP contribution in [-0.2, 0) is 6.61 Å². The molecule has 2 rings (SSSR count). The minimum absolute atomic E-state index is 0.00832. The van der Waals surface area contributed by atoms with Crippen molar-refractivity contribution < 1.29 is 23.8 Å². The molecule has 1 aromatic heterocycles. The number of nitrogens with zero attached hydrogens (tertiary/aromatic N) is 1. The van der Waals surface area contributed by atoms with Crippen LogP contribution in [-0.4, -0.2) is 23.2 Å². The van der Waals surface area contributed by atoms with E-state index < -0.39 is 11.8 Å². The van der Waals surface area contributed by atoms with Crippen LogP contribution < -0.4 is 9.47 Å². The van der Waals surface area contributed by atoms with Gasteiger partial charge in [-0.15, -0.1) is 0 Å². The number of methoxy groups -OCH3 is 1. The quantitative estimate of drug-likeness (QED) is 0.909. The van der Waals surface area contributed by atoms with Crippen molar-refractivity contribution in [1.29, 1.82) is 0 Å². The molecule has 20 heavy (non-hydrogen) atoms. The van der Waals surface area contributed by atoms with Crippen molar-refractivity contribution in [3.05, 3.63) is 53.6 Å². The monoisotopic (exact) mass is 277 g/mol. The van der Waals surface area contributed by atoms with Gasteiger partial charge in [-0.05, 0) is 23.8 Å². The lowest BCUT2D eigenvalue weighted by Gasteiger charge is -2.09. The van der Waals surface area contributed by atoms with Crippen molar-refractivity contribution >= 4 is 5.97 Å². The van der Waals surface area contributed by atoms with E-state index in [0.29, 0.717) is 5.56 Å². The lowest BCUT2D eigenvalue weighted by Crippen LogP contribution is -2.04. The number of ether oxygens (including phenoxy) is 2. The van der Waals surface area contributed by atoms with Gasteiger partial charge < -0.3 is 14.6 Å². The van der Waals surface area contributed by atoms with Crippen LogP contribution in [0, 0.1) is 5.82 Å². The smallest absolute Gasteiger partial charge is 0.339 e. The van der Waals surface area contributed by atoms with Crippen LogP contribution in [0.5, 0.6) is 11.5 Å². The molecule has 0 bridgehead atoms. The van der Waals surface area contributed by atoms with E-state index in [9.17, 15) is 9.18 Å². The molecule has 1 heterocycles. The number of aromatic nitrogens is 1. The normalized spacial score (nSPS) is 10.1. The molecule has 0 unspecified atom stereocenters. The van der Waals surface area contributed by atoms with Crippen molar-refractivity contribution in [3.8, 4) is 11.5 Å². The highest BCUT2D eigenvalue weighted by molar-refractivity contribution is 5.90. The minimum atomic E-state index is -1.11. The summed E-state index contributed by atoms with van der Waals surface area (Å²) < 4.78 is 23.7. The first-order chi connectivity index (χ1) is 9.61. The number of carbonyl (C=O) groups is 1. The van der Waals surface area contributed by atoms with Gasteiger partial charge in [-0.1, -0.05) is 6.07 Å². The fraction of sp³-hybridized carbons (Fsp3) is 0.143. The number of benzene rings is 1. The number of hydrogen-bond acceptors (Lipinski definition) is 4. The topological polar surface area (TPSA) is 68.7 Å². The Morgan fingerprint density at radius 3 is 2.80 bits per heavy atom. The highest BCUT2D eigenvalue weighted by Crippen LogP contribution is 2.21. The Kier molecular flexibility index (Phi) is 4.14. The predicted octanol–water partition coefficient (Wildman–Crippen LogP) is 2.51. The number of pyridine rings is 1. The van der Waals surface area contributed by atoms with Crippen LogP contribution in [0.25, 0.3) is 0 Å². The molecule has 0 spiro atoms. The fourth-order valence-corrected chi connectivity index (χ4v) is 1.63. The average molecular weight is 277 g/mol. The molecule has 0 saturated carbocycles. The summed E-state index contributed by atoms with van der Waals surface area (Å²) in [4.78, 5) is 14.8. The van der Waals surface area contributed by atoms with E-state index in [1.54, 1.807) is 6.07 Å². The van der Waals surface area contributed by atoms with E-state index in [2.05, 4.69) is 4.98 Å². The molecule has 0 aliphatic heterocycles. The van der Waals surface area contributed by atoms with Gasteiger partial charge >= 0.3 is 5.97 Å². The molecular weight excluding hydrogens is 265 g/mol. The van der Waals surface area contributed by atoms with E-state index in [4.69, 9.17) is 14.6 Å². The first kappa shape index (κ1) is 13.8. The highest BCUT2D eigenvalue weighted by Gasteiger charge is 2.11. The molecule has 5 nitrogen and oxygen atoms in total. The van der Waals surface area contributed by atoms with Crippen LogP contribution in [0.1, 0.15) is 15.9 Å². The summed E-state index contributed by atoms with van der Waals surface area (Å²) in [5, 5.41) is 8.99. The van der Waals surface area contributed by atoms with Crippen molar-refractivity contribution in [2.45, 2.75) is 6.61 Å². The van der Waals surface area contributed by atoms with E-state index in [-0.39, 0.29) is 23.7 Å². The molecule has 0 atom stereocenters. The number of aromatic carboxylic acids is 1. The zero-order valence-corrected chi connectivity index (χ0v) is 10.7. The van der Waals surface area contributed by atoms with Gasteiger partial charge in [0.05, 0.1) is 13.3 Å². The van der Waals surface area contributed by atoms with E-state index in [0.717, 1.165) is 0 Å². The van der Waals surface area contributed by atoms with Crippen LogP contribution in [0.3, 0.4) is 0 Å². The van der Waals surface area contributed by atoms with Crippen LogP contribution in [0.4, 0.5) is 4.39 Å². The Morgan fingerprint density at radius 1 is 1.35 bits per heavy atom. The second-order valence-electron chi connectivity index (χ2n) is 3.93. The highest BCUT2D eigenvalue weighted by atomic mass is 19.1. The standard InChI is InChI=1S/C14H12FNO4/c1-19-12-3-2-9(6-11(12)15)8-20-13-7-16-5-4-10(13)14(17)18/h2-7H,8H2,1H3,(H,17,18). The summed E-state index contributed by atoms with van der Waals surface area (Å²) in [6.45, 7) is 0.0346. The first-order valence-corrected chi connectivity index (χ1v) is 5.74. The van der Waals surface area contributed by atoms with Crippen molar-refractivity contribution in [1.82, 2.24) is 4.98 Å². The second kappa shape index (κ2) is 6.01. The molecule has 0 saturated heterocycles. The third kappa shape index (κ3) is 3.03. The molecule has 104 valence electrons. The van der Waals surface area contributed by atoms with Crippen LogP contribution >= 0.6 is 0 Å². The molecule has 0 amide bonds. The maximum absolute atomic E-state index is 13.5. The predicted molar refractivity (Wildman–Crippen MR) is 68.5 cm³/mol. The lowest BCUT2D eigenvalue weighted by atomic mass is 10.2. The van der Waals surface area contributed by atoms with E-state index in [1.807, 2.05) is 0 Å². The summed E-state index contributed by atoms with van der Waals surface area (Å²) in [7, 11) is 1.38. The summed E-state index contributed by atoms with van der Waals surface area (Å²) in [6.07, 6.45) is 2.67. The number of hydrogen-bond donors (Lipinski definition) is 1. The van der Waals surface area contributed by atoms with Crippen LogP contribution in [0.2, 0.25) is 0 Å². The number of halogens is 1. The van der Waals surface area contributed by atoms with E-state index in [1.165, 1.54) is 37.7 Å². The minimum Gasteiger partial charge on any atom is -0.494 e. The molecule has 0 radical (unpaired) electrons. The summed E-state index contributed by atoms with van der Waals surface area (Å²) in [5.41, 5.74) is 0.567. The molecule has 0 fully saturated rings. The molecule has 2 aromatic rings. The zero-order valence-electron chi connectivity index (χ0n) is 10.7. The Bertz CT molecular complexity index is 630. The van der Waals surface area contributed by atoms with Gasteiger partial charge in [0.2, 0.25) is 0 Å². The van der Waals surface area contributed by atoms with Gasteiger partial charge in [0.1, 0.15) is 12.2 Å². The summed E-state index contributed by atoms with van der Waals surface area (Å²) in [5.74, 6) is -1.33. The van der Waals surface area contributed by atoms with Gasteiger partial charge in [-0.25, -0.2) is 9.18 Å². The summed E-state index contributed by atoms with van der Waals surface area (Å²) in [6, 6.07) is 5.73. The Balaban J connectivity index is 2.13. The SMILES string of the molecule is COc1ccc(COc2cnccc2C(=O)O)cc1F. The largest absolute Gasteiger partial charge is 0.494 e. The third-order valence-corrected chi connectivity index (χ3v) is 2.63. The number of carboxylic acids is 1. The maximum atomic E-state index is 13.5. The second-order valence-corrected chi connectivity index (χ2v) is 3.93. The van der Waals surface area contributed by atoms with Gasteiger partial charge in [0.15, 0.2) is 17.3 Å². The molecule has 0 aliphatic carbocycles. The molecule has 1 aromatic carbocycles. The van der Waals surface area contributed by atoms with E-state index >= 15 is 0 Å². The Morgan fingerprint density at radius 2 is 2.15 bits per heavy atom. The molecule has 1 N–H and O–H groups in total. The fourth-order valence-electron chi connectivity index (χ4n) is 1.63. The molecule has 6 heteroatoms. The number of carboxylic acid groups (broad SMARTS) is 1. The van der Waals surface area contributed by atoms with Crippen molar-refractivity contribution in [3.63, 3.8) is 0 Å². The third-order valence-electron chi connectivity index (χ3n) is 2.63. The Hall–Kier alpha value is -2.63. The zero-order chi connectivity index (χ0) is 14.5. The van der Waals surface area contributed by atoms with Gasteiger partial charge in [0, 0.05) is 6.20 Å². The first-order valence-electron chi connectivity index (χ1n) is 5.74. The summed E-state index contributed by atoms with van der Waals surface area (Å²) >= 11 is 0. The average Bonchev–Trinajstić information content (AvgIpc) is 2.45. The van der Waals surface area contributed by atoms with Crippen molar-refractivity contribution in [2.24, 2.45) is 0 Å². The number of rotatable bonds is 5. The lowest BCUT2D eigenvalue weighted by molar-refractivity contribution is 0.0691. The van der Waals surface area contributed by atoms with Gasteiger partial charge in [0.25, 0.3) is 0 Å².